The van der Waals surface area contributed by atoms with Crippen LogP contribution < -0.4 is 0 Å². The van der Waals surface area contributed by atoms with Gasteiger partial charge in [-0.1, -0.05) is 23.7 Å². The molecular weight excluding hydrogens is 384 g/mol. The summed E-state index contributed by atoms with van der Waals surface area (Å²) < 4.78 is 11.4. The maximum atomic E-state index is 12.4. The van der Waals surface area contributed by atoms with Crippen LogP contribution in [-0.2, 0) is 15.9 Å². The Morgan fingerprint density at radius 3 is 2.89 bits per heavy atom. The zero-order valence-corrected chi connectivity index (χ0v) is 17.7. The van der Waals surface area contributed by atoms with Gasteiger partial charge in [0.2, 0.25) is 0 Å². The molecule has 1 unspecified atom stereocenters. The largest absolute Gasteiger partial charge is 0.444 e. The number of hydrogen-bond acceptors (Lipinski definition) is 5. The fourth-order valence-corrected chi connectivity index (χ4v) is 4.36. The van der Waals surface area contributed by atoms with Gasteiger partial charge in [-0.15, -0.1) is 11.3 Å². The van der Waals surface area contributed by atoms with Gasteiger partial charge in [-0.2, -0.15) is 0 Å². The summed E-state index contributed by atoms with van der Waals surface area (Å²) in [5.74, 6) is 0. The minimum atomic E-state index is -0.505. The van der Waals surface area contributed by atoms with E-state index in [2.05, 4.69) is 11.1 Å². The van der Waals surface area contributed by atoms with Crippen molar-refractivity contribution in [1.82, 2.24) is 9.88 Å². The van der Waals surface area contributed by atoms with Crippen molar-refractivity contribution < 1.29 is 14.3 Å². The molecule has 3 rings (SSSR count). The highest BCUT2D eigenvalue weighted by atomic mass is 35.5. The predicted molar refractivity (Wildman–Crippen MR) is 109 cm³/mol. The van der Waals surface area contributed by atoms with E-state index in [0.717, 1.165) is 21.7 Å². The smallest absolute Gasteiger partial charge is 0.410 e. The van der Waals surface area contributed by atoms with Gasteiger partial charge in [-0.3, -0.25) is 0 Å². The van der Waals surface area contributed by atoms with Gasteiger partial charge in [0.25, 0.3) is 0 Å². The van der Waals surface area contributed by atoms with Gasteiger partial charge in [0.1, 0.15) is 5.60 Å². The Morgan fingerprint density at radius 1 is 1.44 bits per heavy atom. The number of aryl methyl sites for hydroxylation is 1. The van der Waals surface area contributed by atoms with Crippen LogP contribution in [0.5, 0.6) is 0 Å². The minimum absolute atomic E-state index is 0.100. The van der Waals surface area contributed by atoms with Crippen LogP contribution in [0.2, 0.25) is 5.02 Å². The molecule has 0 N–H and O–H groups in total. The van der Waals surface area contributed by atoms with Crippen molar-refractivity contribution in [1.29, 1.82) is 0 Å². The lowest BCUT2D eigenvalue weighted by Gasteiger charge is -2.34. The normalized spacial score (nSPS) is 17.8. The first kappa shape index (κ1) is 20.1. The summed E-state index contributed by atoms with van der Waals surface area (Å²) in [7, 11) is 0. The van der Waals surface area contributed by atoms with Gasteiger partial charge >= 0.3 is 6.09 Å². The van der Waals surface area contributed by atoms with Crippen molar-refractivity contribution in [3.63, 3.8) is 0 Å². The second-order valence-electron chi connectivity index (χ2n) is 7.66. The third-order valence-electron chi connectivity index (χ3n) is 4.31. The molecule has 2 heterocycles. The molecule has 1 aromatic carbocycles. The fraction of sp³-hybridized carbons (Fsp3) is 0.500. The van der Waals surface area contributed by atoms with E-state index in [1.54, 1.807) is 16.2 Å². The molecule has 146 valence electrons. The van der Waals surface area contributed by atoms with Crippen molar-refractivity contribution in [2.45, 2.75) is 45.8 Å². The van der Waals surface area contributed by atoms with Crippen LogP contribution in [0, 0.1) is 6.92 Å². The fourth-order valence-electron chi connectivity index (χ4n) is 3.12. The zero-order chi connectivity index (χ0) is 19.6. The van der Waals surface area contributed by atoms with Gasteiger partial charge in [-0.25, -0.2) is 9.78 Å². The van der Waals surface area contributed by atoms with Crippen molar-refractivity contribution in [2.75, 3.05) is 19.7 Å². The van der Waals surface area contributed by atoms with E-state index in [-0.39, 0.29) is 12.2 Å². The third kappa shape index (κ3) is 5.00. The molecule has 27 heavy (non-hydrogen) atoms. The molecule has 1 amide bonds. The third-order valence-corrected chi connectivity index (χ3v) is 5.57. The number of nitrogens with zero attached hydrogens (tertiary/aromatic N) is 2. The van der Waals surface area contributed by atoms with Gasteiger partial charge < -0.3 is 14.4 Å². The summed E-state index contributed by atoms with van der Waals surface area (Å²) in [5.41, 5.74) is 4.41. The van der Waals surface area contributed by atoms with Gasteiger partial charge in [-0.05, 0) is 39.3 Å². The first-order valence-electron chi connectivity index (χ1n) is 9.02. The molecule has 5 nitrogen and oxygen atoms in total. The molecule has 1 aromatic heterocycles. The average molecular weight is 409 g/mol. The lowest BCUT2D eigenvalue weighted by atomic mass is 9.99. The number of benzene rings is 1. The summed E-state index contributed by atoms with van der Waals surface area (Å²) in [4.78, 5) is 19.5. The van der Waals surface area contributed by atoms with E-state index in [1.165, 1.54) is 0 Å². The van der Waals surface area contributed by atoms with Crippen molar-refractivity contribution >= 4 is 29.0 Å². The number of amides is 1. The summed E-state index contributed by atoms with van der Waals surface area (Å²) in [5, 5.41) is 0.708. The van der Waals surface area contributed by atoms with Crippen molar-refractivity contribution in [3.8, 4) is 10.4 Å². The summed E-state index contributed by atoms with van der Waals surface area (Å²) in [6, 6.07) is 5.91. The maximum absolute atomic E-state index is 12.4. The Bertz CT molecular complexity index is 816. The Balaban J connectivity index is 1.77. The van der Waals surface area contributed by atoms with E-state index >= 15 is 0 Å². The molecule has 0 spiro atoms. The van der Waals surface area contributed by atoms with Gasteiger partial charge in [0.05, 0.1) is 35.3 Å². The number of carbonyl (C=O) groups is 1. The number of halogens is 1. The van der Waals surface area contributed by atoms with Crippen LogP contribution in [0.4, 0.5) is 4.79 Å². The molecule has 1 aliphatic rings. The van der Waals surface area contributed by atoms with Gasteiger partial charge in [0, 0.05) is 23.6 Å². The molecule has 1 saturated heterocycles. The van der Waals surface area contributed by atoms with E-state index < -0.39 is 5.60 Å². The zero-order valence-electron chi connectivity index (χ0n) is 16.1. The Kier molecular flexibility index (Phi) is 6.08. The molecule has 0 bridgehead atoms. The molecule has 1 fully saturated rings. The number of rotatable bonds is 3. The minimum Gasteiger partial charge on any atom is -0.444 e. The van der Waals surface area contributed by atoms with Crippen LogP contribution in [0.3, 0.4) is 0 Å². The second-order valence-corrected chi connectivity index (χ2v) is 8.93. The number of carbonyl (C=O) groups excluding carboxylic acids is 1. The Labute approximate surface area is 169 Å². The van der Waals surface area contributed by atoms with E-state index in [0.29, 0.717) is 31.1 Å². The first-order chi connectivity index (χ1) is 12.7. The topological polar surface area (TPSA) is 51.7 Å². The van der Waals surface area contributed by atoms with Crippen LogP contribution in [0.25, 0.3) is 10.4 Å². The lowest BCUT2D eigenvalue weighted by Crippen LogP contribution is -2.48. The number of thiazole rings is 1. The SMILES string of the molecule is Cc1ncsc1-c1c(Cl)cccc1CC1CN(C(=O)OC(C)(C)C)CCO1. The molecule has 7 heteroatoms. The predicted octanol–water partition coefficient (Wildman–Crippen LogP) is 4.95. The van der Waals surface area contributed by atoms with Crippen LogP contribution in [-0.4, -0.2) is 47.4 Å². The molecule has 0 saturated carbocycles. The quantitative estimate of drug-likeness (QED) is 0.720. The summed E-state index contributed by atoms with van der Waals surface area (Å²) in [6.07, 6.45) is 0.282. The Morgan fingerprint density at radius 2 is 2.22 bits per heavy atom. The highest BCUT2D eigenvalue weighted by molar-refractivity contribution is 7.13. The summed E-state index contributed by atoms with van der Waals surface area (Å²) in [6.45, 7) is 9.15. The van der Waals surface area contributed by atoms with E-state index in [9.17, 15) is 4.79 Å². The van der Waals surface area contributed by atoms with Crippen LogP contribution in [0.1, 0.15) is 32.0 Å². The number of morpholine rings is 1. The number of ether oxygens (including phenoxy) is 2. The molecule has 0 radical (unpaired) electrons. The summed E-state index contributed by atoms with van der Waals surface area (Å²) >= 11 is 8.10. The second kappa shape index (κ2) is 8.17. The number of aromatic nitrogens is 1. The first-order valence-corrected chi connectivity index (χ1v) is 10.3. The molecular formula is C20H25ClN2O3S. The van der Waals surface area contributed by atoms with Crippen molar-refractivity contribution in [2.24, 2.45) is 0 Å². The Hall–Kier alpha value is -1.63. The van der Waals surface area contributed by atoms with Crippen LogP contribution in [0.15, 0.2) is 23.7 Å². The van der Waals surface area contributed by atoms with E-state index in [4.69, 9.17) is 21.1 Å². The number of hydrogen-bond donors (Lipinski definition) is 0. The molecule has 1 aliphatic heterocycles. The van der Waals surface area contributed by atoms with Crippen molar-refractivity contribution in [3.05, 3.63) is 40.0 Å². The average Bonchev–Trinajstić information content (AvgIpc) is 2.99. The highest BCUT2D eigenvalue weighted by Gasteiger charge is 2.29. The maximum Gasteiger partial charge on any atom is 0.410 e. The molecule has 2 aromatic rings. The standard InChI is InChI=1S/C20H25ClN2O3S/c1-13-18(27-12-22-13)17-14(6-5-7-16(17)21)10-15-11-23(8-9-25-15)19(24)26-20(2,3)4/h5-7,12,15H,8-11H2,1-4H3. The molecule has 1 atom stereocenters. The lowest BCUT2D eigenvalue weighted by molar-refractivity contribution is -0.0414. The van der Waals surface area contributed by atoms with Crippen LogP contribution >= 0.6 is 22.9 Å². The van der Waals surface area contributed by atoms with E-state index in [1.807, 2.05) is 45.3 Å². The van der Waals surface area contributed by atoms with Gasteiger partial charge in [0.15, 0.2) is 0 Å². The monoisotopic (exact) mass is 408 g/mol. The highest BCUT2D eigenvalue weighted by Crippen LogP contribution is 2.37. The molecule has 0 aliphatic carbocycles.